The van der Waals surface area contributed by atoms with Gasteiger partial charge in [0.05, 0.1) is 26.9 Å². The molecule has 110 valence electrons. The van der Waals surface area contributed by atoms with Gasteiger partial charge in [-0.25, -0.2) is 0 Å². The Balaban J connectivity index is 2.54. The van der Waals surface area contributed by atoms with E-state index in [2.05, 4.69) is 4.98 Å². The van der Waals surface area contributed by atoms with Gasteiger partial charge in [-0.15, -0.1) is 0 Å². The molecule has 0 spiro atoms. The van der Waals surface area contributed by atoms with Gasteiger partial charge in [-0.3, -0.25) is 9.78 Å². The highest BCUT2D eigenvalue weighted by molar-refractivity contribution is 6.11. The van der Waals surface area contributed by atoms with Crippen LogP contribution >= 0.6 is 0 Å². The second kappa shape index (κ2) is 6.26. The minimum Gasteiger partial charge on any atom is -0.496 e. The Morgan fingerprint density at radius 1 is 0.905 bits per heavy atom. The first kappa shape index (κ1) is 14.8. The van der Waals surface area contributed by atoms with Crippen LogP contribution in [0.1, 0.15) is 21.5 Å². The van der Waals surface area contributed by atoms with Crippen LogP contribution in [-0.2, 0) is 0 Å². The molecule has 1 aromatic heterocycles. The van der Waals surface area contributed by atoms with Crippen LogP contribution in [0, 0.1) is 6.92 Å². The first-order valence-corrected chi connectivity index (χ1v) is 6.37. The minimum atomic E-state index is -0.177. The van der Waals surface area contributed by atoms with E-state index in [1.54, 1.807) is 24.4 Å². The maximum Gasteiger partial charge on any atom is 0.198 e. The molecule has 0 N–H and O–H groups in total. The normalized spacial score (nSPS) is 10.1. The molecule has 2 rings (SSSR count). The van der Waals surface area contributed by atoms with E-state index in [0.29, 0.717) is 28.4 Å². The average Bonchev–Trinajstić information content (AvgIpc) is 2.52. The van der Waals surface area contributed by atoms with Gasteiger partial charge in [-0.1, -0.05) is 0 Å². The molecule has 0 atom stereocenters. The fraction of sp³-hybridized carbons (Fsp3) is 0.250. The SMILES string of the molecule is COc1cc(OC)c(C(=O)c2cncc(C)c2)cc1OC. The van der Waals surface area contributed by atoms with Crippen molar-refractivity contribution < 1.29 is 19.0 Å². The number of hydrogen-bond donors (Lipinski definition) is 0. The van der Waals surface area contributed by atoms with Gasteiger partial charge in [0.25, 0.3) is 0 Å². The summed E-state index contributed by atoms with van der Waals surface area (Å²) in [5, 5.41) is 0. The molecular formula is C16H17NO4. The number of nitrogens with zero attached hydrogens (tertiary/aromatic N) is 1. The zero-order chi connectivity index (χ0) is 15.4. The van der Waals surface area contributed by atoms with Crippen LogP contribution in [0.15, 0.2) is 30.6 Å². The number of benzene rings is 1. The van der Waals surface area contributed by atoms with Crippen molar-refractivity contribution in [2.75, 3.05) is 21.3 Å². The van der Waals surface area contributed by atoms with Gasteiger partial charge in [0.15, 0.2) is 17.3 Å². The van der Waals surface area contributed by atoms with Gasteiger partial charge < -0.3 is 14.2 Å². The van der Waals surface area contributed by atoms with E-state index < -0.39 is 0 Å². The lowest BCUT2D eigenvalue weighted by Gasteiger charge is -2.13. The van der Waals surface area contributed by atoms with Crippen molar-refractivity contribution in [2.45, 2.75) is 6.92 Å². The number of ketones is 1. The lowest BCUT2D eigenvalue weighted by Crippen LogP contribution is -2.06. The summed E-state index contributed by atoms with van der Waals surface area (Å²) in [4.78, 5) is 16.7. The molecule has 0 fully saturated rings. The first-order valence-electron chi connectivity index (χ1n) is 6.37. The van der Waals surface area contributed by atoms with Gasteiger partial charge in [0.2, 0.25) is 0 Å². The third kappa shape index (κ3) is 2.97. The Morgan fingerprint density at radius 3 is 2.10 bits per heavy atom. The molecule has 5 nitrogen and oxygen atoms in total. The highest BCUT2D eigenvalue weighted by atomic mass is 16.5. The quantitative estimate of drug-likeness (QED) is 0.791. The summed E-state index contributed by atoms with van der Waals surface area (Å²) < 4.78 is 15.7. The average molecular weight is 287 g/mol. The van der Waals surface area contributed by atoms with E-state index >= 15 is 0 Å². The van der Waals surface area contributed by atoms with Crippen LogP contribution in [0.3, 0.4) is 0 Å². The third-order valence-corrected chi connectivity index (χ3v) is 3.09. The molecule has 0 saturated carbocycles. The largest absolute Gasteiger partial charge is 0.496 e. The van der Waals surface area contributed by atoms with Gasteiger partial charge in [0.1, 0.15) is 5.75 Å². The zero-order valence-electron chi connectivity index (χ0n) is 12.5. The Kier molecular flexibility index (Phi) is 4.42. The van der Waals surface area contributed by atoms with E-state index in [0.717, 1.165) is 5.56 Å². The second-order valence-corrected chi connectivity index (χ2v) is 4.49. The van der Waals surface area contributed by atoms with Crippen LogP contribution in [0.4, 0.5) is 0 Å². The Bertz CT molecular complexity index is 667. The summed E-state index contributed by atoms with van der Waals surface area (Å²) in [6.45, 7) is 1.88. The molecular weight excluding hydrogens is 270 g/mol. The van der Waals surface area contributed by atoms with E-state index in [1.165, 1.54) is 27.5 Å². The topological polar surface area (TPSA) is 57.7 Å². The lowest BCUT2D eigenvalue weighted by atomic mass is 10.0. The molecule has 0 unspecified atom stereocenters. The summed E-state index contributed by atoms with van der Waals surface area (Å²) in [5.41, 5.74) is 1.82. The molecule has 0 amide bonds. The van der Waals surface area contributed by atoms with Crippen molar-refractivity contribution in [1.29, 1.82) is 0 Å². The van der Waals surface area contributed by atoms with Crippen LogP contribution in [0.25, 0.3) is 0 Å². The van der Waals surface area contributed by atoms with Crippen LogP contribution in [0.5, 0.6) is 17.2 Å². The number of hydrogen-bond acceptors (Lipinski definition) is 5. The molecule has 0 bridgehead atoms. The number of aryl methyl sites for hydroxylation is 1. The first-order chi connectivity index (χ1) is 10.1. The Labute approximate surface area is 123 Å². The summed E-state index contributed by atoms with van der Waals surface area (Å²) in [6.07, 6.45) is 3.23. The summed E-state index contributed by atoms with van der Waals surface area (Å²) in [6, 6.07) is 5.03. The number of ether oxygens (including phenoxy) is 3. The minimum absolute atomic E-state index is 0.177. The molecule has 21 heavy (non-hydrogen) atoms. The zero-order valence-corrected chi connectivity index (χ0v) is 12.5. The predicted molar refractivity (Wildman–Crippen MR) is 78.5 cm³/mol. The van der Waals surface area contributed by atoms with Crippen molar-refractivity contribution in [3.8, 4) is 17.2 Å². The molecule has 0 aliphatic rings. The Hall–Kier alpha value is -2.56. The van der Waals surface area contributed by atoms with E-state index in [4.69, 9.17) is 14.2 Å². The third-order valence-electron chi connectivity index (χ3n) is 3.09. The van der Waals surface area contributed by atoms with Crippen molar-refractivity contribution >= 4 is 5.78 Å². The molecule has 0 saturated heterocycles. The number of pyridine rings is 1. The molecule has 0 aliphatic heterocycles. The fourth-order valence-electron chi connectivity index (χ4n) is 2.04. The maximum absolute atomic E-state index is 12.6. The monoisotopic (exact) mass is 287 g/mol. The van der Waals surface area contributed by atoms with Crippen LogP contribution in [0.2, 0.25) is 0 Å². The van der Waals surface area contributed by atoms with Gasteiger partial charge >= 0.3 is 0 Å². The molecule has 1 aromatic carbocycles. The summed E-state index contributed by atoms with van der Waals surface area (Å²) in [5.74, 6) is 1.23. The smallest absolute Gasteiger partial charge is 0.198 e. The van der Waals surface area contributed by atoms with Crippen molar-refractivity contribution in [2.24, 2.45) is 0 Å². The molecule has 5 heteroatoms. The van der Waals surface area contributed by atoms with Gasteiger partial charge in [-0.2, -0.15) is 0 Å². The molecule has 0 aliphatic carbocycles. The van der Waals surface area contributed by atoms with E-state index in [9.17, 15) is 4.79 Å². The Morgan fingerprint density at radius 2 is 1.52 bits per heavy atom. The number of rotatable bonds is 5. The summed E-state index contributed by atoms with van der Waals surface area (Å²) in [7, 11) is 4.56. The molecule has 1 heterocycles. The van der Waals surface area contributed by atoms with Gasteiger partial charge in [-0.05, 0) is 24.6 Å². The predicted octanol–water partition coefficient (Wildman–Crippen LogP) is 2.65. The van der Waals surface area contributed by atoms with Gasteiger partial charge in [0, 0.05) is 24.0 Å². The standard InChI is InChI=1S/C16H17NO4/c1-10-5-11(9-17-8-10)16(18)12-6-14(20-3)15(21-4)7-13(12)19-2/h5-9H,1-4H3. The van der Waals surface area contributed by atoms with Crippen molar-refractivity contribution in [3.63, 3.8) is 0 Å². The number of carbonyl (C=O) groups is 1. The fourth-order valence-corrected chi connectivity index (χ4v) is 2.04. The van der Waals surface area contributed by atoms with Crippen LogP contribution in [-0.4, -0.2) is 32.1 Å². The van der Waals surface area contributed by atoms with E-state index in [-0.39, 0.29) is 5.78 Å². The highest BCUT2D eigenvalue weighted by Crippen LogP contribution is 2.35. The van der Waals surface area contributed by atoms with E-state index in [1.807, 2.05) is 6.92 Å². The maximum atomic E-state index is 12.6. The highest BCUT2D eigenvalue weighted by Gasteiger charge is 2.19. The molecule has 2 aromatic rings. The van der Waals surface area contributed by atoms with Crippen molar-refractivity contribution in [1.82, 2.24) is 4.98 Å². The van der Waals surface area contributed by atoms with Crippen molar-refractivity contribution in [3.05, 3.63) is 47.3 Å². The summed E-state index contributed by atoms with van der Waals surface area (Å²) >= 11 is 0. The lowest BCUT2D eigenvalue weighted by molar-refractivity contribution is 0.103. The molecule has 0 radical (unpaired) electrons. The number of methoxy groups -OCH3 is 3. The number of aromatic nitrogens is 1. The number of carbonyl (C=O) groups excluding carboxylic acids is 1. The van der Waals surface area contributed by atoms with Crippen LogP contribution < -0.4 is 14.2 Å². The second-order valence-electron chi connectivity index (χ2n) is 4.49.